The fraction of sp³-hybridized carbons (Fsp3) is 0.261. The predicted octanol–water partition coefficient (Wildman–Crippen LogP) is 5.12. The quantitative estimate of drug-likeness (QED) is 0.439. The number of rotatable bonds is 8. The van der Waals surface area contributed by atoms with E-state index in [4.69, 9.17) is 4.74 Å². The number of anilines is 1. The van der Waals surface area contributed by atoms with Gasteiger partial charge in [0.05, 0.1) is 11.5 Å². The van der Waals surface area contributed by atoms with Crippen LogP contribution in [0, 0.1) is 5.92 Å². The van der Waals surface area contributed by atoms with Crippen LogP contribution in [0.3, 0.4) is 0 Å². The van der Waals surface area contributed by atoms with E-state index >= 15 is 0 Å². The number of nitrogens with one attached hydrogen (secondary N) is 1. The lowest BCUT2D eigenvalue weighted by Gasteiger charge is -2.13. The van der Waals surface area contributed by atoms with E-state index in [0.29, 0.717) is 29.5 Å². The highest BCUT2D eigenvalue weighted by Crippen LogP contribution is 2.34. The monoisotopic (exact) mass is 456 g/mol. The first kappa shape index (κ1) is 23.0. The molecule has 1 saturated heterocycles. The number of imide groups is 1. The van der Waals surface area contributed by atoms with Crippen LogP contribution in [0.5, 0.6) is 5.75 Å². The van der Waals surface area contributed by atoms with Gasteiger partial charge in [-0.25, -0.2) is 0 Å². The van der Waals surface area contributed by atoms with Crippen molar-refractivity contribution in [2.45, 2.75) is 18.7 Å². The summed E-state index contributed by atoms with van der Waals surface area (Å²) >= 11 is 2.38. The number of nitrogens with zero attached hydrogens (tertiary/aromatic N) is 1. The third-order valence-electron chi connectivity index (χ3n) is 4.31. The van der Waals surface area contributed by atoms with Crippen molar-refractivity contribution in [3.05, 3.63) is 59.0 Å². The number of carbonyl (C=O) groups is 3. The lowest BCUT2D eigenvalue weighted by Crippen LogP contribution is -2.36. The van der Waals surface area contributed by atoms with Crippen LogP contribution in [-0.4, -0.2) is 41.4 Å². The maximum absolute atomic E-state index is 12.8. The zero-order valence-corrected chi connectivity index (χ0v) is 19.2. The topological polar surface area (TPSA) is 75.7 Å². The molecule has 0 bridgehead atoms. The van der Waals surface area contributed by atoms with Crippen LogP contribution in [0.15, 0.2) is 58.3 Å². The fourth-order valence-corrected chi connectivity index (χ4v) is 4.10. The largest absolute Gasteiger partial charge is 0.493 e. The number of thioether (sulfide) groups is 2. The molecule has 162 valence electrons. The molecule has 3 amide bonds. The first-order chi connectivity index (χ1) is 14.9. The smallest absolute Gasteiger partial charge is 0.294 e. The van der Waals surface area contributed by atoms with Gasteiger partial charge in [0.2, 0.25) is 5.91 Å². The van der Waals surface area contributed by atoms with Crippen molar-refractivity contribution in [3.8, 4) is 5.75 Å². The van der Waals surface area contributed by atoms with Crippen LogP contribution in [0.4, 0.5) is 10.5 Å². The molecule has 1 heterocycles. The minimum Gasteiger partial charge on any atom is -0.493 e. The molecule has 1 aliphatic heterocycles. The van der Waals surface area contributed by atoms with E-state index < -0.39 is 17.1 Å². The van der Waals surface area contributed by atoms with Crippen LogP contribution in [0.2, 0.25) is 0 Å². The summed E-state index contributed by atoms with van der Waals surface area (Å²) in [5.74, 6) is 0.0916. The highest BCUT2D eigenvalue weighted by molar-refractivity contribution is 8.18. The van der Waals surface area contributed by atoms with Gasteiger partial charge in [-0.3, -0.25) is 19.3 Å². The highest BCUT2D eigenvalue weighted by atomic mass is 32.2. The molecule has 3 rings (SSSR count). The summed E-state index contributed by atoms with van der Waals surface area (Å²) in [5, 5.41) is 2.27. The Morgan fingerprint density at radius 2 is 1.97 bits per heavy atom. The Kier molecular flexibility index (Phi) is 7.81. The predicted molar refractivity (Wildman–Crippen MR) is 126 cm³/mol. The average Bonchev–Trinajstić information content (AvgIpc) is 3.00. The molecule has 1 fully saturated rings. The fourth-order valence-electron chi connectivity index (χ4n) is 2.81. The Balaban J connectivity index is 1.70. The molecule has 0 aromatic heterocycles. The second-order valence-corrected chi connectivity index (χ2v) is 9.16. The van der Waals surface area contributed by atoms with Crippen LogP contribution in [0.25, 0.3) is 6.08 Å². The van der Waals surface area contributed by atoms with Gasteiger partial charge >= 0.3 is 0 Å². The number of carbonyl (C=O) groups excluding carboxylic acids is 3. The second kappa shape index (κ2) is 10.5. The summed E-state index contributed by atoms with van der Waals surface area (Å²) in [5.41, 5.74) is 1.34. The summed E-state index contributed by atoms with van der Waals surface area (Å²) in [6, 6.07) is 14.7. The minimum absolute atomic E-state index is 0.266. The second-order valence-electron chi connectivity index (χ2n) is 7.29. The van der Waals surface area contributed by atoms with E-state index in [1.165, 1.54) is 0 Å². The normalized spacial score (nSPS) is 15.1. The number of ether oxygens (including phenoxy) is 1. The molecule has 0 radical (unpaired) electrons. The van der Waals surface area contributed by atoms with Crippen molar-refractivity contribution in [1.29, 1.82) is 0 Å². The summed E-state index contributed by atoms with van der Waals surface area (Å²) in [6.07, 6.45) is 3.58. The average molecular weight is 457 g/mol. The van der Waals surface area contributed by atoms with Crippen molar-refractivity contribution in [2.75, 3.05) is 24.7 Å². The standard InChI is InChI=1S/C23H24N2O4S2/c1-15(2)14-29-19-10-5-4-7-16(19)11-20-22(27)25(23(28)31-20)13-21(26)24-17-8-6-9-18(12-17)30-3/h4-12,15H,13-14H2,1-3H3,(H,24,26)/b20-11+. The van der Waals surface area contributed by atoms with Gasteiger partial charge in [-0.15, -0.1) is 11.8 Å². The van der Waals surface area contributed by atoms with Crippen molar-refractivity contribution in [3.63, 3.8) is 0 Å². The zero-order chi connectivity index (χ0) is 22.4. The van der Waals surface area contributed by atoms with E-state index in [-0.39, 0.29) is 11.4 Å². The first-order valence-electron chi connectivity index (χ1n) is 9.78. The van der Waals surface area contributed by atoms with E-state index in [1.807, 2.05) is 48.7 Å². The Morgan fingerprint density at radius 3 is 2.71 bits per heavy atom. The van der Waals surface area contributed by atoms with E-state index in [2.05, 4.69) is 19.2 Å². The van der Waals surface area contributed by atoms with Crippen LogP contribution < -0.4 is 10.1 Å². The molecule has 1 N–H and O–H groups in total. The molecule has 1 aliphatic rings. The number of para-hydroxylation sites is 1. The van der Waals surface area contributed by atoms with Crippen LogP contribution in [-0.2, 0) is 9.59 Å². The van der Waals surface area contributed by atoms with Gasteiger partial charge in [-0.05, 0) is 54.3 Å². The number of hydrogen-bond donors (Lipinski definition) is 1. The summed E-state index contributed by atoms with van der Waals surface area (Å²) in [4.78, 5) is 39.8. The summed E-state index contributed by atoms with van der Waals surface area (Å²) < 4.78 is 5.82. The van der Waals surface area contributed by atoms with Crippen LogP contribution in [0.1, 0.15) is 19.4 Å². The van der Waals surface area contributed by atoms with Crippen molar-refractivity contribution in [1.82, 2.24) is 4.90 Å². The zero-order valence-electron chi connectivity index (χ0n) is 17.6. The Hall–Kier alpha value is -2.71. The van der Waals surface area contributed by atoms with E-state index in [0.717, 1.165) is 21.6 Å². The molecule has 0 unspecified atom stereocenters. The number of amides is 3. The van der Waals surface area contributed by atoms with E-state index in [1.54, 1.807) is 23.9 Å². The SMILES string of the molecule is CSc1cccc(NC(=O)CN2C(=O)S/C(=C/c3ccccc3OCC(C)C)C2=O)c1. The van der Waals surface area contributed by atoms with Crippen LogP contribution >= 0.6 is 23.5 Å². The molecular formula is C23H24N2O4S2. The Labute approximate surface area is 190 Å². The maximum Gasteiger partial charge on any atom is 0.294 e. The van der Waals surface area contributed by atoms with Crippen molar-refractivity contribution < 1.29 is 19.1 Å². The lowest BCUT2D eigenvalue weighted by atomic mass is 10.1. The van der Waals surface area contributed by atoms with Gasteiger partial charge in [-0.1, -0.05) is 38.1 Å². The van der Waals surface area contributed by atoms with Gasteiger partial charge in [0.1, 0.15) is 12.3 Å². The first-order valence-corrected chi connectivity index (χ1v) is 11.8. The van der Waals surface area contributed by atoms with Crippen molar-refractivity contribution >= 4 is 52.3 Å². The molecule has 8 heteroatoms. The molecule has 2 aromatic carbocycles. The third kappa shape index (κ3) is 6.15. The molecule has 0 aliphatic carbocycles. The molecule has 0 saturated carbocycles. The number of hydrogen-bond acceptors (Lipinski definition) is 6. The molecular weight excluding hydrogens is 432 g/mol. The Morgan fingerprint density at radius 1 is 1.19 bits per heavy atom. The van der Waals surface area contributed by atoms with Gasteiger partial charge < -0.3 is 10.1 Å². The van der Waals surface area contributed by atoms with Crippen molar-refractivity contribution in [2.24, 2.45) is 5.92 Å². The minimum atomic E-state index is -0.485. The molecule has 0 spiro atoms. The third-order valence-corrected chi connectivity index (χ3v) is 5.94. The lowest BCUT2D eigenvalue weighted by molar-refractivity contribution is -0.127. The highest BCUT2D eigenvalue weighted by Gasteiger charge is 2.36. The summed E-state index contributed by atoms with van der Waals surface area (Å²) in [6.45, 7) is 4.31. The molecule has 31 heavy (non-hydrogen) atoms. The van der Waals surface area contributed by atoms with Gasteiger partial charge in [0, 0.05) is 16.1 Å². The number of benzene rings is 2. The van der Waals surface area contributed by atoms with Gasteiger partial charge in [-0.2, -0.15) is 0 Å². The van der Waals surface area contributed by atoms with E-state index in [9.17, 15) is 14.4 Å². The molecule has 2 aromatic rings. The summed E-state index contributed by atoms with van der Waals surface area (Å²) in [7, 11) is 0. The van der Waals surface area contributed by atoms with Gasteiger partial charge in [0.25, 0.3) is 11.1 Å². The maximum atomic E-state index is 12.8. The Bertz CT molecular complexity index is 1020. The molecule has 6 nitrogen and oxygen atoms in total. The van der Waals surface area contributed by atoms with Gasteiger partial charge in [0.15, 0.2) is 0 Å². The molecule has 0 atom stereocenters.